The highest BCUT2D eigenvalue weighted by atomic mass is 32.1. The van der Waals surface area contributed by atoms with Gasteiger partial charge in [0.1, 0.15) is 0 Å². The Labute approximate surface area is 129 Å². The van der Waals surface area contributed by atoms with Gasteiger partial charge < -0.3 is 15.3 Å². The lowest BCUT2D eigenvalue weighted by molar-refractivity contribution is -0.138. The predicted molar refractivity (Wildman–Crippen MR) is 82.3 cm³/mol. The van der Waals surface area contributed by atoms with Crippen molar-refractivity contribution in [3.05, 3.63) is 16.1 Å². The van der Waals surface area contributed by atoms with E-state index in [9.17, 15) is 9.59 Å². The van der Waals surface area contributed by atoms with Crippen molar-refractivity contribution in [1.82, 2.24) is 15.2 Å². The first-order valence-electron chi connectivity index (χ1n) is 6.74. The van der Waals surface area contributed by atoms with Crippen molar-refractivity contribution in [3.8, 4) is 0 Å². The Morgan fingerprint density at radius 1 is 1.48 bits per heavy atom. The number of nitrogens with one attached hydrogen (secondary N) is 1. The number of nitrogens with zero attached hydrogens (tertiary/aromatic N) is 2. The average Bonchev–Trinajstić information content (AvgIpc) is 2.72. The molecule has 21 heavy (non-hydrogen) atoms. The van der Waals surface area contributed by atoms with Crippen LogP contribution in [0.25, 0.3) is 0 Å². The molecule has 0 bridgehead atoms. The molecule has 0 aromatic carbocycles. The number of amides is 2. The molecule has 0 fully saturated rings. The number of carboxylic acids is 1. The topological polar surface area (TPSA) is 82.5 Å². The summed E-state index contributed by atoms with van der Waals surface area (Å²) in [5.74, 6) is -0.923. The summed E-state index contributed by atoms with van der Waals surface area (Å²) in [4.78, 5) is 28.9. The molecule has 1 atom stereocenters. The van der Waals surface area contributed by atoms with Gasteiger partial charge in [-0.15, -0.1) is 11.3 Å². The summed E-state index contributed by atoms with van der Waals surface area (Å²) in [5, 5.41) is 14.6. The number of carbonyl (C=O) groups excluding carboxylic acids is 1. The van der Waals surface area contributed by atoms with Gasteiger partial charge in [0.05, 0.1) is 23.7 Å². The Balaban J connectivity index is 2.65. The van der Waals surface area contributed by atoms with Crippen LogP contribution in [0.5, 0.6) is 0 Å². The third-order valence-corrected chi connectivity index (χ3v) is 3.96. The Bertz CT molecular complexity index is 508. The fourth-order valence-corrected chi connectivity index (χ4v) is 2.41. The predicted octanol–water partition coefficient (Wildman–Crippen LogP) is 2.48. The molecule has 0 aliphatic rings. The molecule has 7 heteroatoms. The monoisotopic (exact) mass is 313 g/mol. The van der Waals surface area contributed by atoms with Gasteiger partial charge in [0.2, 0.25) is 0 Å². The van der Waals surface area contributed by atoms with Crippen LogP contribution < -0.4 is 5.32 Å². The lowest BCUT2D eigenvalue weighted by atomic mass is 9.85. The van der Waals surface area contributed by atoms with E-state index in [0.717, 1.165) is 10.7 Å². The molecule has 1 aromatic rings. The fraction of sp³-hybridized carbons (Fsp3) is 0.643. The van der Waals surface area contributed by atoms with E-state index in [1.165, 1.54) is 16.2 Å². The Hall–Kier alpha value is -1.63. The number of aryl methyl sites for hydroxylation is 1. The first-order chi connectivity index (χ1) is 9.59. The highest BCUT2D eigenvalue weighted by molar-refractivity contribution is 7.09. The summed E-state index contributed by atoms with van der Waals surface area (Å²) in [6, 6.07) is -0.719. The molecule has 0 saturated heterocycles. The minimum absolute atomic E-state index is 0.0983. The van der Waals surface area contributed by atoms with Crippen molar-refractivity contribution < 1.29 is 14.7 Å². The largest absolute Gasteiger partial charge is 0.481 e. The third-order valence-electron chi connectivity index (χ3n) is 3.13. The van der Waals surface area contributed by atoms with Gasteiger partial charge in [-0.1, -0.05) is 20.8 Å². The van der Waals surface area contributed by atoms with Crippen LogP contribution in [0.1, 0.15) is 37.9 Å². The molecule has 2 amide bonds. The van der Waals surface area contributed by atoms with Crippen LogP contribution in [0.3, 0.4) is 0 Å². The number of rotatable bonds is 5. The SMILES string of the molecule is Cc1nc(CN(C)C(=O)NC(CC(=O)O)C(C)(C)C)cs1. The average molecular weight is 313 g/mol. The van der Waals surface area contributed by atoms with E-state index < -0.39 is 12.0 Å². The molecule has 1 rings (SSSR count). The number of urea groups is 1. The van der Waals surface area contributed by atoms with E-state index in [-0.39, 0.29) is 17.9 Å². The second-order valence-electron chi connectivity index (χ2n) is 6.18. The third kappa shape index (κ3) is 5.71. The van der Waals surface area contributed by atoms with E-state index in [1.807, 2.05) is 33.1 Å². The lowest BCUT2D eigenvalue weighted by Crippen LogP contribution is -2.49. The summed E-state index contributed by atoms with van der Waals surface area (Å²) in [6.07, 6.45) is -0.0983. The molecule has 0 aliphatic carbocycles. The summed E-state index contributed by atoms with van der Waals surface area (Å²) in [7, 11) is 1.67. The summed E-state index contributed by atoms with van der Waals surface area (Å²) < 4.78 is 0. The number of aliphatic carboxylic acids is 1. The van der Waals surface area contributed by atoms with Crippen LogP contribution in [0.2, 0.25) is 0 Å². The summed E-state index contributed by atoms with van der Waals surface area (Å²) in [6.45, 7) is 8.04. The maximum Gasteiger partial charge on any atom is 0.317 e. The molecule has 0 radical (unpaired) electrons. The summed E-state index contributed by atoms with van der Waals surface area (Å²) >= 11 is 1.54. The second kappa shape index (κ2) is 6.89. The smallest absolute Gasteiger partial charge is 0.317 e. The van der Waals surface area contributed by atoms with Crippen molar-refractivity contribution in [1.29, 1.82) is 0 Å². The molecule has 1 aromatic heterocycles. The summed E-state index contributed by atoms with van der Waals surface area (Å²) in [5.41, 5.74) is 0.507. The van der Waals surface area contributed by atoms with Gasteiger partial charge >= 0.3 is 12.0 Å². The van der Waals surface area contributed by atoms with Crippen LogP contribution in [0.15, 0.2) is 5.38 Å². The molecule has 1 unspecified atom stereocenters. The van der Waals surface area contributed by atoms with E-state index in [2.05, 4.69) is 10.3 Å². The second-order valence-corrected chi connectivity index (χ2v) is 7.24. The van der Waals surface area contributed by atoms with Gasteiger partial charge in [0.25, 0.3) is 0 Å². The Morgan fingerprint density at radius 2 is 2.10 bits per heavy atom. The van der Waals surface area contributed by atoms with Gasteiger partial charge in [-0.05, 0) is 12.3 Å². The molecule has 0 aliphatic heterocycles. The standard InChI is InChI=1S/C14H23N3O3S/c1-9-15-10(8-21-9)7-17(5)13(20)16-11(6-12(18)19)14(2,3)4/h8,11H,6-7H2,1-5H3,(H,16,20)(H,18,19). The van der Waals surface area contributed by atoms with Crippen LogP contribution in [0, 0.1) is 12.3 Å². The number of hydrogen-bond acceptors (Lipinski definition) is 4. The molecule has 0 saturated carbocycles. The highest BCUT2D eigenvalue weighted by Gasteiger charge is 2.29. The Morgan fingerprint density at radius 3 is 2.52 bits per heavy atom. The zero-order chi connectivity index (χ0) is 16.2. The quantitative estimate of drug-likeness (QED) is 0.875. The Kier molecular flexibility index (Phi) is 5.71. The molecule has 2 N–H and O–H groups in total. The van der Waals surface area contributed by atoms with Gasteiger partial charge in [-0.2, -0.15) is 0 Å². The van der Waals surface area contributed by atoms with E-state index in [0.29, 0.717) is 6.54 Å². The fourth-order valence-electron chi connectivity index (χ4n) is 1.80. The normalized spacial score (nSPS) is 12.8. The van der Waals surface area contributed by atoms with E-state index >= 15 is 0 Å². The maximum absolute atomic E-state index is 12.2. The van der Waals surface area contributed by atoms with Crippen molar-refractivity contribution in [2.45, 2.75) is 46.7 Å². The minimum atomic E-state index is -0.923. The molecule has 6 nitrogen and oxygen atoms in total. The minimum Gasteiger partial charge on any atom is -0.481 e. The van der Waals surface area contributed by atoms with Crippen molar-refractivity contribution in [2.75, 3.05) is 7.05 Å². The van der Waals surface area contributed by atoms with Crippen LogP contribution in [-0.2, 0) is 11.3 Å². The van der Waals surface area contributed by atoms with Crippen molar-refractivity contribution in [3.63, 3.8) is 0 Å². The number of carboxylic acid groups (broad SMARTS) is 1. The van der Waals surface area contributed by atoms with E-state index in [4.69, 9.17) is 5.11 Å². The molecular weight excluding hydrogens is 290 g/mol. The number of aromatic nitrogens is 1. The van der Waals surface area contributed by atoms with Crippen molar-refractivity contribution in [2.24, 2.45) is 5.41 Å². The van der Waals surface area contributed by atoms with Crippen LogP contribution in [0.4, 0.5) is 4.79 Å². The van der Waals surface area contributed by atoms with Gasteiger partial charge in [0, 0.05) is 18.5 Å². The lowest BCUT2D eigenvalue weighted by Gasteiger charge is -2.32. The first-order valence-corrected chi connectivity index (χ1v) is 7.62. The van der Waals surface area contributed by atoms with Crippen LogP contribution in [-0.4, -0.2) is 40.1 Å². The number of carbonyl (C=O) groups is 2. The zero-order valence-electron chi connectivity index (χ0n) is 13.1. The van der Waals surface area contributed by atoms with Gasteiger partial charge in [0.15, 0.2) is 0 Å². The van der Waals surface area contributed by atoms with Gasteiger partial charge in [-0.25, -0.2) is 9.78 Å². The van der Waals surface area contributed by atoms with Crippen LogP contribution >= 0.6 is 11.3 Å². The molecule has 1 heterocycles. The molecule has 0 spiro atoms. The zero-order valence-corrected chi connectivity index (χ0v) is 14.0. The first kappa shape index (κ1) is 17.4. The number of hydrogen-bond donors (Lipinski definition) is 2. The highest BCUT2D eigenvalue weighted by Crippen LogP contribution is 2.22. The van der Waals surface area contributed by atoms with Gasteiger partial charge in [-0.3, -0.25) is 4.79 Å². The van der Waals surface area contributed by atoms with E-state index in [1.54, 1.807) is 7.05 Å². The van der Waals surface area contributed by atoms with Crippen molar-refractivity contribution >= 4 is 23.3 Å². The maximum atomic E-state index is 12.2. The number of thiazole rings is 1. The molecule has 118 valence electrons. The molecular formula is C14H23N3O3S.